The van der Waals surface area contributed by atoms with Crippen LogP contribution in [0.2, 0.25) is 0 Å². The number of rotatable bonds is 4. The van der Waals surface area contributed by atoms with E-state index in [0.717, 1.165) is 37.9 Å². The molecule has 20 heavy (non-hydrogen) atoms. The number of piperidine rings is 1. The van der Waals surface area contributed by atoms with Gasteiger partial charge in [0.1, 0.15) is 5.88 Å². The summed E-state index contributed by atoms with van der Waals surface area (Å²) in [6, 6.07) is 6.71. The van der Waals surface area contributed by atoms with Crippen LogP contribution in [0, 0.1) is 16.0 Å². The van der Waals surface area contributed by atoms with Crippen LogP contribution < -0.4 is 0 Å². The average Bonchev–Trinajstić information content (AvgIpc) is 2.48. The van der Waals surface area contributed by atoms with Gasteiger partial charge in [0.2, 0.25) is 5.91 Å². The van der Waals surface area contributed by atoms with Gasteiger partial charge in [-0.2, -0.15) is 0 Å². The van der Waals surface area contributed by atoms with Crippen molar-refractivity contribution in [2.75, 3.05) is 19.0 Å². The van der Waals surface area contributed by atoms with Crippen molar-refractivity contribution in [2.45, 2.75) is 19.3 Å². The lowest BCUT2D eigenvalue weighted by molar-refractivity contribution is -0.384. The van der Waals surface area contributed by atoms with E-state index in [1.54, 1.807) is 17.0 Å². The van der Waals surface area contributed by atoms with Gasteiger partial charge in [-0.05, 0) is 30.7 Å². The molecule has 0 aliphatic carbocycles. The molecule has 6 heteroatoms. The van der Waals surface area contributed by atoms with Crippen molar-refractivity contribution in [2.24, 2.45) is 5.92 Å². The van der Waals surface area contributed by atoms with Gasteiger partial charge < -0.3 is 4.90 Å². The highest BCUT2D eigenvalue weighted by Gasteiger charge is 2.22. The predicted molar refractivity (Wildman–Crippen MR) is 76.8 cm³/mol. The number of hydrogen-bond donors (Lipinski definition) is 0. The molecule has 1 saturated heterocycles. The van der Waals surface area contributed by atoms with Gasteiger partial charge in [0.15, 0.2) is 0 Å². The molecule has 0 N–H and O–H groups in total. The van der Waals surface area contributed by atoms with Crippen LogP contribution in [0.4, 0.5) is 5.69 Å². The lowest BCUT2D eigenvalue weighted by Gasteiger charge is -2.31. The Kier molecular flexibility index (Phi) is 4.95. The summed E-state index contributed by atoms with van der Waals surface area (Å²) >= 11 is 5.55. The fourth-order valence-electron chi connectivity index (χ4n) is 2.56. The van der Waals surface area contributed by atoms with E-state index in [9.17, 15) is 14.9 Å². The lowest BCUT2D eigenvalue weighted by Crippen LogP contribution is -2.39. The topological polar surface area (TPSA) is 63.5 Å². The molecule has 1 aromatic rings. The zero-order chi connectivity index (χ0) is 14.5. The van der Waals surface area contributed by atoms with Crippen LogP contribution >= 0.6 is 11.6 Å². The Morgan fingerprint density at radius 1 is 1.30 bits per heavy atom. The number of nitro benzene ring substituents is 1. The number of nitrogens with zero attached hydrogens (tertiary/aromatic N) is 2. The SMILES string of the molecule is O=C(CCl)N1CCC(Cc2ccc([N+](=O)[O-])cc2)CC1. The largest absolute Gasteiger partial charge is 0.342 e. The Bertz CT molecular complexity index is 482. The number of benzene rings is 1. The smallest absolute Gasteiger partial charge is 0.269 e. The van der Waals surface area contributed by atoms with Gasteiger partial charge in [0, 0.05) is 25.2 Å². The molecular weight excluding hydrogens is 280 g/mol. The van der Waals surface area contributed by atoms with Gasteiger partial charge in [0.25, 0.3) is 5.69 Å². The van der Waals surface area contributed by atoms with Gasteiger partial charge in [-0.25, -0.2) is 0 Å². The molecular formula is C14H17ClN2O3. The minimum atomic E-state index is -0.389. The molecule has 2 rings (SSSR count). The molecule has 0 bridgehead atoms. The average molecular weight is 297 g/mol. The summed E-state index contributed by atoms with van der Waals surface area (Å²) in [7, 11) is 0. The zero-order valence-corrected chi connectivity index (χ0v) is 11.9. The second-order valence-electron chi connectivity index (χ2n) is 5.09. The summed E-state index contributed by atoms with van der Waals surface area (Å²) in [4.78, 5) is 23.5. The molecule has 0 atom stereocenters. The van der Waals surface area contributed by atoms with Crippen molar-refractivity contribution in [3.8, 4) is 0 Å². The van der Waals surface area contributed by atoms with Crippen LogP contribution in [-0.2, 0) is 11.2 Å². The fraction of sp³-hybridized carbons (Fsp3) is 0.500. The molecule has 0 spiro atoms. The van der Waals surface area contributed by atoms with Crippen LogP contribution in [0.1, 0.15) is 18.4 Å². The second kappa shape index (κ2) is 6.70. The third kappa shape index (κ3) is 3.70. The Morgan fingerprint density at radius 3 is 2.40 bits per heavy atom. The van der Waals surface area contributed by atoms with E-state index in [1.165, 1.54) is 0 Å². The summed E-state index contributed by atoms with van der Waals surface area (Å²) in [5.74, 6) is 0.573. The van der Waals surface area contributed by atoms with Crippen LogP contribution in [0.5, 0.6) is 0 Å². The van der Waals surface area contributed by atoms with Crippen molar-refractivity contribution in [1.82, 2.24) is 4.90 Å². The van der Waals surface area contributed by atoms with E-state index in [4.69, 9.17) is 11.6 Å². The van der Waals surface area contributed by atoms with Crippen LogP contribution in [0.25, 0.3) is 0 Å². The minimum absolute atomic E-state index is 0.000419. The summed E-state index contributed by atoms with van der Waals surface area (Å²) in [6.07, 6.45) is 2.82. The number of carbonyl (C=O) groups is 1. The Morgan fingerprint density at radius 2 is 1.90 bits per heavy atom. The number of alkyl halides is 1. The first-order chi connectivity index (χ1) is 9.60. The van der Waals surface area contributed by atoms with Gasteiger partial charge in [-0.15, -0.1) is 11.6 Å². The van der Waals surface area contributed by atoms with Crippen LogP contribution in [0.15, 0.2) is 24.3 Å². The zero-order valence-electron chi connectivity index (χ0n) is 11.1. The maximum atomic E-state index is 11.5. The first kappa shape index (κ1) is 14.8. The van der Waals surface area contributed by atoms with E-state index in [0.29, 0.717) is 5.92 Å². The quantitative estimate of drug-likeness (QED) is 0.487. The Labute approximate surface area is 122 Å². The number of non-ortho nitro benzene ring substituents is 1. The van der Waals surface area contributed by atoms with Crippen molar-refractivity contribution in [3.63, 3.8) is 0 Å². The summed E-state index contributed by atoms with van der Waals surface area (Å²) in [5, 5.41) is 10.6. The molecule has 1 aliphatic rings. The third-order valence-corrected chi connectivity index (χ3v) is 3.98. The Hall–Kier alpha value is -1.62. The first-order valence-electron chi connectivity index (χ1n) is 6.67. The fourth-order valence-corrected chi connectivity index (χ4v) is 2.73. The Balaban J connectivity index is 1.86. The monoisotopic (exact) mass is 296 g/mol. The molecule has 1 aliphatic heterocycles. The van der Waals surface area contributed by atoms with Crippen LogP contribution in [-0.4, -0.2) is 34.7 Å². The van der Waals surface area contributed by atoms with Gasteiger partial charge in [-0.1, -0.05) is 12.1 Å². The number of carbonyl (C=O) groups excluding carboxylic acids is 1. The minimum Gasteiger partial charge on any atom is -0.342 e. The number of likely N-dealkylation sites (tertiary alicyclic amines) is 1. The van der Waals surface area contributed by atoms with Crippen molar-refractivity contribution >= 4 is 23.2 Å². The van der Waals surface area contributed by atoms with Crippen molar-refractivity contribution < 1.29 is 9.72 Å². The van der Waals surface area contributed by atoms with Gasteiger partial charge >= 0.3 is 0 Å². The summed E-state index contributed by atoms with van der Waals surface area (Å²) in [5.41, 5.74) is 1.23. The number of amides is 1. The maximum Gasteiger partial charge on any atom is 0.269 e. The van der Waals surface area contributed by atoms with Crippen molar-refractivity contribution in [1.29, 1.82) is 0 Å². The van der Waals surface area contributed by atoms with Gasteiger partial charge in [-0.3, -0.25) is 14.9 Å². The number of nitro groups is 1. The van der Waals surface area contributed by atoms with E-state index < -0.39 is 0 Å². The van der Waals surface area contributed by atoms with Crippen LogP contribution in [0.3, 0.4) is 0 Å². The standard InChI is InChI=1S/C14H17ClN2O3/c15-10-14(18)16-7-5-12(6-8-16)9-11-1-3-13(4-2-11)17(19)20/h1-4,12H,5-10H2. The lowest BCUT2D eigenvalue weighted by atomic mass is 9.90. The molecule has 1 fully saturated rings. The molecule has 0 radical (unpaired) electrons. The molecule has 1 heterocycles. The highest BCUT2D eigenvalue weighted by Crippen LogP contribution is 2.23. The molecule has 1 aromatic carbocycles. The number of hydrogen-bond acceptors (Lipinski definition) is 3. The molecule has 5 nitrogen and oxygen atoms in total. The molecule has 108 valence electrons. The summed E-state index contributed by atoms with van der Waals surface area (Å²) < 4.78 is 0. The second-order valence-corrected chi connectivity index (χ2v) is 5.35. The first-order valence-corrected chi connectivity index (χ1v) is 7.20. The predicted octanol–water partition coefficient (Wildman–Crippen LogP) is 2.61. The van der Waals surface area contributed by atoms with E-state index >= 15 is 0 Å². The highest BCUT2D eigenvalue weighted by atomic mass is 35.5. The summed E-state index contributed by atoms with van der Waals surface area (Å²) in [6.45, 7) is 1.51. The van der Waals surface area contributed by atoms with E-state index in [-0.39, 0.29) is 22.4 Å². The normalized spacial score (nSPS) is 16.1. The molecule has 0 saturated carbocycles. The maximum absolute atomic E-state index is 11.5. The van der Waals surface area contributed by atoms with Gasteiger partial charge in [0.05, 0.1) is 4.92 Å². The molecule has 1 amide bonds. The van der Waals surface area contributed by atoms with E-state index in [2.05, 4.69) is 0 Å². The third-order valence-electron chi connectivity index (χ3n) is 3.75. The molecule has 0 unspecified atom stereocenters. The number of halogens is 1. The van der Waals surface area contributed by atoms with E-state index in [1.807, 2.05) is 12.1 Å². The van der Waals surface area contributed by atoms with Crippen molar-refractivity contribution in [3.05, 3.63) is 39.9 Å². The molecule has 0 aromatic heterocycles. The highest BCUT2D eigenvalue weighted by molar-refractivity contribution is 6.27.